The standard InChI is InChI=1S/C26H25F5N4O2/c1-3-37-23-18(5-4-10-33-23)22-20(28)14-17(15-34-22)25(24(36)32-2)8-11-35(12-9-25)21-7-6-16(13-19(21)27)26(29,30)31/h4-7,10,13-15H,3,8-9,11-12H2,1-2H3,(H,32,36). The molecule has 0 saturated carbocycles. The Morgan fingerprint density at radius 1 is 1.11 bits per heavy atom. The molecule has 0 bridgehead atoms. The average molecular weight is 521 g/mol. The minimum atomic E-state index is -4.65. The van der Waals surface area contributed by atoms with Gasteiger partial charge in [0.2, 0.25) is 11.8 Å². The van der Waals surface area contributed by atoms with E-state index in [1.54, 1.807) is 24.0 Å². The van der Waals surface area contributed by atoms with Crippen LogP contribution in [0.3, 0.4) is 0 Å². The molecule has 0 spiro atoms. The SMILES string of the molecule is CCOc1ncccc1-c1ncc(C2(C(=O)NC)CCN(c3ccc(C(F)(F)F)cc3F)CC2)cc1F. The second kappa shape index (κ2) is 10.3. The fourth-order valence-corrected chi connectivity index (χ4v) is 4.68. The number of nitrogens with one attached hydrogen (secondary N) is 1. The second-order valence-corrected chi connectivity index (χ2v) is 8.66. The molecule has 2 aromatic heterocycles. The van der Waals surface area contributed by atoms with Gasteiger partial charge in [-0.1, -0.05) is 0 Å². The zero-order valence-electron chi connectivity index (χ0n) is 20.2. The maximum absolute atomic E-state index is 15.3. The first-order valence-corrected chi connectivity index (χ1v) is 11.7. The Morgan fingerprint density at radius 2 is 1.84 bits per heavy atom. The van der Waals surface area contributed by atoms with Crippen LogP contribution in [0.1, 0.15) is 30.9 Å². The van der Waals surface area contributed by atoms with E-state index in [4.69, 9.17) is 4.74 Å². The number of pyridine rings is 2. The number of likely N-dealkylation sites (N-methyl/N-ethyl adjacent to an activating group) is 1. The molecule has 1 aliphatic rings. The molecule has 4 rings (SSSR count). The lowest BCUT2D eigenvalue weighted by atomic mass is 9.72. The van der Waals surface area contributed by atoms with Gasteiger partial charge in [0.05, 0.1) is 28.8 Å². The number of carbonyl (C=O) groups excluding carboxylic acids is 1. The smallest absolute Gasteiger partial charge is 0.416 e. The molecule has 1 amide bonds. The van der Waals surface area contributed by atoms with Crippen LogP contribution < -0.4 is 15.0 Å². The quantitative estimate of drug-likeness (QED) is 0.457. The average Bonchev–Trinajstić information content (AvgIpc) is 2.88. The fourth-order valence-electron chi connectivity index (χ4n) is 4.68. The van der Waals surface area contributed by atoms with E-state index in [2.05, 4.69) is 15.3 Å². The van der Waals surface area contributed by atoms with Crippen molar-refractivity contribution in [1.29, 1.82) is 0 Å². The van der Waals surface area contributed by atoms with Crippen LogP contribution >= 0.6 is 0 Å². The molecule has 0 unspecified atom stereocenters. The Morgan fingerprint density at radius 3 is 2.43 bits per heavy atom. The summed E-state index contributed by atoms with van der Waals surface area (Å²) in [6, 6.07) is 6.90. The summed E-state index contributed by atoms with van der Waals surface area (Å²) in [5, 5.41) is 2.62. The number of alkyl halides is 3. The van der Waals surface area contributed by atoms with Crippen LogP contribution in [-0.2, 0) is 16.4 Å². The summed E-state index contributed by atoms with van der Waals surface area (Å²) >= 11 is 0. The molecule has 1 saturated heterocycles. The topological polar surface area (TPSA) is 67.3 Å². The van der Waals surface area contributed by atoms with E-state index in [1.165, 1.54) is 25.5 Å². The van der Waals surface area contributed by atoms with Crippen LogP contribution in [0.25, 0.3) is 11.3 Å². The van der Waals surface area contributed by atoms with Crippen LogP contribution in [0.4, 0.5) is 27.6 Å². The molecule has 6 nitrogen and oxygen atoms in total. The molecule has 0 radical (unpaired) electrons. The van der Waals surface area contributed by atoms with E-state index < -0.39 is 28.8 Å². The predicted molar refractivity (Wildman–Crippen MR) is 127 cm³/mol. The number of aromatic nitrogens is 2. The molecule has 196 valence electrons. The van der Waals surface area contributed by atoms with E-state index >= 15 is 4.39 Å². The molecule has 1 aromatic carbocycles. The minimum absolute atomic E-state index is 0.0122. The van der Waals surface area contributed by atoms with Gasteiger partial charge in [-0.2, -0.15) is 13.2 Å². The van der Waals surface area contributed by atoms with Crippen molar-refractivity contribution in [3.63, 3.8) is 0 Å². The second-order valence-electron chi connectivity index (χ2n) is 8.66. The van der Waals surface area contributed by atoms with Gasteiger partial charge in [0.1, 0.15) is 17.3 Å². The third-order valence-corrected chi connectivity index (χ3v) is 6.60. The fraction of sp³-hybridized carbons (Fsp3) is 0.346. The van der Waals surface area contributed by atoms with E-state index in [1.807, 2.05) is 0 Å². The van der Waals surface area contributed by atoms with Crippen LogP contribution in [0, 0.1) is 11.6 Å². The molecule has 3 heterocycles. The van der Waals surface area contributed by atoms with Gasteiger partial charge in [0.15, 0.2) is 0 Å². The predicted octanol–water partition coefficient (Wildman–Crippen LogP) is 5.12. The highest BCUT2D eigenvalue weighted by molar-refractivity contribution is 5.88. The number of hydrogen-bond acceptors (Lipinski definition) is 5. The van der Waals surface area contributed by atoms with E-state index in [9.17, 15) is 22.4 Å². The third kappa shape index (κ3) is 5.07. The molecule has 0 aliphatic carbocycles. The molecule has 1 fully saturated rings. The Kier molecular flexibility index (Phi) is 7.33. The van der Waals surface area contributed by atoms with E-state index in [0.717, 1.165) is 12.1 Å². The lowest BCUT2D eigenvalue weighted by Crippen LogP contribution is -2.51. The molecule has 0 atom stereocenters. The number of ether oxygens (including phenoxy) is 1. The number of halogens is 5. The van der Waals surface area contributed by atoms with Crippen molar-refractivity contribution in [2.75, 3.05) is 31.6 Å². The van der Waals surface area contributed by atoms with E-state index in [-0.39, 0.29) is 49.1 Å². The van der Waals surface area contributed by atoms with Crippen molar-refractivity contribution in [3.8, 4) is 17.1 Å². The summed E-state index contributed by atoms with van der Waals surface area (Å²) < 4.78 is 74.1. The third-order valence-electron chi connectivity index (χ3n) is 6.60. The molecule has 11 heteroatoms. The molecule has 3 aromatic rings. The van der Waals surface area contributed by atoms with Crippen molar-refractivity contribution in [1.82, 2.24) is 15.3 Å². The van der Waals surface area contributed by atoms with Crippen LogP contribution in [0.5, 0.6) is 5.88 Å². The van der Waals surface area contributed by atoms with Crippen LogP contribution in [0.2, 0.25) is 0 Å². The Bertz CT molecular complexity index is 1290. The van der Waals surface area contributed by atoms with Gasteiger partial charge in [-0.15, -0.1) is 0 Å². The number of nitrogens with zero attached hydrogens (tertiary/aromatic N) is 3. The minimum Gasteiger partial charge on any atom is -0.477 e. The number of rotatable bonds is 6. The Labute approximate surface area is 210 Å². The molecular weight excluding hydrogens is 495 g/mol. The van der Waals surface area contributed by atoms with Crippen molar-refractivity contribution in [3.05, 3.63) is 71.6 Å². The first-order valence-electron chi connectivity index (χ1n) is 11.7. The van der Waals surface area contributed by atoms with Gasteiger partial charge in [0.25, 0.3) is 0 Å². The number of piperidine rings is 1. The highest BCUT2D eigenvalue weighted by Gasteiger charge is 2.44. The molecule has 1 aliphatic heterocycles. The molecular formula is C26H25F5N4O2. The normalized spacial score (nSPS) is 15.4. The number of amides is 1. The van der Waals surface area contributed by atoms with Crippen molar-refractivity contribution < 1.29 is 31.5 Å². The van der Waals surface area contributed by atoms with Gasteiger partial charge in [0, 0.05) is 32.5 Å². The van der Waals surface area contributed by atoms with Gasteiger partial charge in [-0.05, 0) is 61.7 Å². The first kappa shape index (κ1) is 26.3. The lowest BCUT2D eigenvalue weighted by Gasteiger charge is -2.41. The van der Waals surface area contributed by atoms with Gasteiger partial charge < -0.3 is 15.0 Å². The van der Waals surface area contributed by atoms with Crippen molar-refractivity contribution in [2.45, 2.75) is 31.4 Å². The summed E-state index contributed by atoms with van der Waals surface area (Å²) in [4.78, 5) is 23.1. The summed E-state index contributed by atoms with van der Waals surface area (Å²) in [5.74, 6) is -1.78. The molecule has 37 heavy (non-hydrogen) atoms. The number of anilines is 1. The Balaban J connectivity index is 1.63. The zero-order valence-corrected chi connectivity index (χ0v) is 20.2. The maximum Gasteiger partial charge on any atom is 0.416 e. The largest absolute Gasteiger partial charge is 0.477 e. The summed E-state index contributed by atoms with van der Waals surface area (Å²) in [5.41, 5.74) is -1.47. The monoisotopic (exact) mass is 520 g/mol. The van der Waals surface area contributed by atoms with E-state index in [0.29, 0.717) is 23.8 Å². The van der Waals surface area contributed by atoms with Crippen LogP contribution in [0.15, 0.2) is 48.8 Å². The summed E-state index contributed by atoms with van der Waals surface area (Å²) in [6.45, 7) is 2.44. The highest BCUT2D eigenvalue weighted by Crippen LogP contribution is 2.40. The van der Waals surface area contributed by atoms with Gasteiger partial charge in [-0.3, -0.25) is 9.78 Å². The maximum atomic E-state index is 15.3. The summed E-state index contributed by atoms with van der Waals surface area (Å²) in [7, 11) is 1.47. The van der Waals surface area contributed by atoms with Crippen LogP contribution in [-0.4, -0.2) is 42.6 Å². The number of benzene rings is 1. The highest BCUT2D eigenvalue weighted by atomic mass is 19.4. The summed E-state index contributed by atoms with van der Waals surface area (Å²) in [6.07, 6.45) is -1.35. The first-order chi connectivity index (χ1) is 17.6. The van der Waals surface area contributed by atoms with Gasteiger partial charge in [-0.25, -0.2) is 13.8 Å². The number of hydrogen-bond donors (Lipinski definition) is 1. The zero-order chi connectivity index (χ0) is 26.8. The van der Waals surface area contributed by atoms with Crippen molar-refractivity contribution >= 4 is 11.6 Å². The number of carbonyl (C=O) groups is 1. The van der Waals surface area contributed by atoms with Gasteiger partial charge >= 0.3 is 6.18 Å². The lowest BCUT2D eigenvalue weighted by molar-refractivity contribution is -0.137. The van der Waals surface area contributed by atoms with Crippen molar-refractivity contribution in [2.24, 2.45) is 0 Å². The molecule has 1 N–H and O–H groups in total. The Hall–Kier alpha value is -3.76.